The van der Waals surface area contributed by atoms with Crippen molar-refractivity contribution in [2.75, 3.05) is 26.2 Å². The average Bonchev–Trinajstić information content (AvgIpc) is 3.75. The number of guanidine groups is 2. The Hall–Kier alpha value is -7.09. The van der Waals surface area contributed by atoms with Gasteiger partial charge >= 0.3 is 5.97 Å². The molecule has 1 aromatic rings. The van der Waals surface area contributed by atoms with Crippen LogP contribution in [0, 0.1) is 0 Å². The molecule has 0 spiro atoms. The van der Waals surface area contributed by atoms with E-state index in [0.717, 1.165) is 13.8 Å². The number of likely N-dealkylation sites (tertiary alicyclic amines) is 1. The first-order valence-corrected chi connectivity index (χ1v) is 21.6. The maximum Gasteiger partial charge on any atom is 0.326 e. The fourth-order valence-electron chi connectivity index (χ4n) is 6.78. The van der Waals surface area contributed by atoms with E-state index in [-0.39, 0.29) is 70.1 Å². The molecule has 8 amide bonds. The van der Waals surface area contributed by atoms with Crippen molar-refractivity contribution >= 4 is 65.1 Å². The molecule has 1 saturated heterocycles. The highest BCUT2D eigenvalue weighted by atomic mass is 16.4. The Balaban J connectivity index is 2.26. The summed E-state index contributed by atoms with van der Waals surface area (Å²) in [7, 11) is 0. The molecule has 1 aliphatic rings. The second-order valence-electron chi connectivity index (χ2n) is 16.0. The molecule has 1 heterocycles. The number of aliphatic hydroxyl groups excluding tert-OH is 2. The van der Waals surface area contributed by atoms with Gasteiger partial charge < -0.3 is 80.4 Å². The summed E-state index contributed by atoms with van der Waals surface area (Å²) in [5.74, 6) is -8.39. The number of aliphatic hydroxyl groups is 2. The van der Waals surface area contributed by atoms with Gasteiger partial charge in [-0.25, -0.2) is 4.79 Å². The molecule has 1 fully saturated rings. The molecule has 0 aromatic heterocycles. The number of nitrogens with two attached hydrogens (primary N) is 4. The van der Waals surface area contributed by atoms with Gasteiger partial charge in [0.1, 0.15) is 42.3 Å². The Labute approximate surface area is 387 Å². The maximum atomic E-state index is 13.9. The lowest BCUT2D eigenvalue weighted by molar-refractivity contribution is -0.142. The second-order valence-corrected chi connectivity index (χ2v) is 16.0. The number of aliphatic carboxylic acids is 1. The van der Waals surface area contributed by atoms with E-state index in [1.165, 1.54) is 18.7 Å². The third kappa shape index (κ3) is 19.9. The lowest BCUT2D eigenvalue weighted by Gasteiger charge is -2.31. The van der Waals surface area contributed by atoms with Crippen LogP contribution in [0.1, 0.15) is 71.8 Å². The zero-order valence-corrected chi connectivity index (χ0v) is 38.0. The predicted molar refractivity (Wildman–Crippen MR) is 242 cm³/mol. The van der Waals surface area contributed by atoms with Crippen molar-refractivity contribution < 1.29 is 58.5 Å². The SMILES string of the molecule is CC(=O)NCC(=O)N[C@@H](CCCN=C(N)N)C(=O)N1CCC[C@H]1C(=O)N[C@@H](CCCN=C(N)N)C(=O)N[C@H](C(=O)N[C@H](C(=O)N[C@@H](C)C(=O)N[C@@H](Cc1ccccc1)C(=O)O)[C@@H](C)O)[C@@H](C)O. The van der Waals surface area contributed by atoms with E-state index < -0.39 is 114 Å². The van der Waals surface area contributed by atoms with Crippen LogP contribution in [-0.2, 0) is 49.6 Å². The number of hydrogen-bond donors (Lipinski definition) is 14. The first-order chi connectivity index (χ1) is 31.5. The summed E-state index contributed by atoms with van der Waals surface area (Å²) in [5, 5.41) is 47.7. The van der Waals surface area contributed by atoms with Gasteiger partial charge in [-0.1, -0.05) is 30.3 Å². The minimum absolute atomic E-state index is 0.0155. The van der Waals surface area contributed by atoms with Crippen molar-refractivity contribution in [3.05, 3.63) is 35.9 Å². The van der Waals surface area contributed by atoms with Gasteiger partial charge in [-0.3, -0.25) is 48.3 Å². The molecule has 18 N–H and O–H groups in total. The summed E-state index contributed by atoms with van der Waals surface area (Å²) in [5.41, 5.74) is 22.3. The smallest absolute Gasteiger partial charge is 0.326 e. The van der Waals surface area contributed by atoms with E-state index in [4.69, 9.17) is 22.9 Å². The van der Waals surface area contributed by atoms with E-state index >= 15 is 0 Å². The zero-order valence-electron chi connectivity index (χ0n) is 38.0. The maximum absolute atomic E-state index is 13.9. The number of amides is 8. The highest BCUT2D eigenvalue weighted by Crippen LogP contribution is 2.20. The number of nitrogens with zero attached hydrogens (tertiary/aromatic N) is 3. The van der Waals surface area contributed by atoms with Crippen LogP contribution in [-0.4, -0.2) is 166 Å². The first kappa shape index (κ1) is 56.0. The number of carboxylic acids is 1. The largest absolute Gasteiger partial charge is 0.480 e. The number of benzene rings is 1. The molecular weight excluding hydrogens is 881 g/mol. The Morgan fingerprint density at radius 2 is 1.24 bits per heavy atom. The van der Waals surface area contributed by atoms with E-state index in [1.807, 2.05) is 0 Å². The molecular formula is C41H66N14O12. The normalized spacial score (nSPS) is 16.7. The van der Waals surface area contributed by atoms with Gasteiger partial charge in [0.15, 0.2) is 11.9 Å². The van der Waals surface area contributed by atoms with Crippen molar-refractivity contribution in [2.24, 2.45) is 32.9 Å². The number of hydrogen-bond acceptors (Lipinski definition) is 13. The number of aliphatic imine (C=N–C) groups is 2. The standard InChI is InChI=1S/C41H66N14O12/c1-21(33(60)52-28(39(66)67)19-25-11-6-5-7-12-25)49-36(63)31(22(2)56)54-37(64)32(23(3)57)53-34(61)26(13-8-16-46-40(42)43)51-35(62)29-15-10-18-55(29)38(65)27(14-9-17-47-41(44)45)50-30(59)20-48-24(4)58/h5-7,11-12,21-23,26-29,31-32,56-57H,8-10,13-20H2,1-4H3,(H,48,58)(H,49,63)(H,50,59)(H,51,62)(H,52,60)(H,53,61)(H,54,64)(H,66,67)(H4,42,43,46)(H4,44,45,47)/t21-,22+,23+,26-,27-,28-,29-,31-,32-/m0/s1. The quantitative estimate of drug-likeness (QED) is 0.0222. The number of carbonyl (C=O) groups is 9. The molecule has 0 aliphatic carbocycles. The highest BCUT2D eigenvalue weighted by Gasteiger charge is 2.40. The monoisotopic (exact) mass is 946 g/mol. The number of rotatable bonds is 27. The molecule has 26 nitrogen and oxygen atoms in total. The van der Waals surface area contributed by atoms with Gasteiger partial charge in [0.2, 0.25) is 47.3 Å². The van der Waals surface area contributed by atoms with Crippen LogP contribution in [0.3, 0.4) is 0 Å². The topological polar surface area (TPSA) is 431 Å². The van der Waals surface area contributed by atoms with Crippen molar-refractivity contribution in [2.45, 2.75) is 127 Å². The van der Waals surface area contributed by atoms with Crippen LogP contribution in [0.15, 0.2) is 40.3 Å². The van der Waals surface area contributed by atoms with Gasteiger partial charge in [-0.15, -0.1) is 0 Å². The summed E-state index contributed by atoms with van der Waals surface area (Å²) in [6, 6.07) is -1.49. The van der Waals surface area contributed by atoms with Gasteiger partial charge in [0.05, 0.1) is 18.8 Å². The molecule has 0 bridgehead atoms. The molecule has 26 heteroatoms. The molecule has 0 saturated carbocycles. The third-order valence-corrected chi connectivity index (χ3v) is 10.3. The van der Waals surface area contributed by atoms with Crippen LogP contribution in [0.5, 0.6) is 0 Å². The summed E-state index contributed by atoms with van der Waals surface area (Å²) in [4.78, 5) is 127. The fourth-order valence-corrected chi connectivity index (χ4v) is 6.78. The number of carbonyl (C=O) groups excluding carboxylic acids is 8. The lowest BCUT2D eigenvalue weighted by atomic mass is 10.0. The van der Waals surface area contributed by atoms with Crippen molar-refractivity contribution in [3.63, 3.8) is 0 Å². The van der Waals surface area contributed by atoms with E-state index in [2.05, 4.69) is 47.2 Å². The minimum Gasteiger partial charge on any atom is -0.480 e. The van der Waals surface area contributed by atoms with E-state index in [1.54, 1.807) is 30.3 Å². The molecule has 9 atom stereocenters. The second kappa shape index (κ2) is 28.1. The van der Waals surface area contributed by atoms with Crippen LogP contribution < -0.4 is 60.2 Å². The minimum atomic E-state index is -1.79. The molecule has 1 aliphatic heterocycles. The van der Waals surface area contributed by atoms with Gasteiger partial charge in [0, 0.05) is 33.0 Å². The number of carboxylic acid groups (broad SMARTS) is 1. The van der Waals surface area contributed by atoms with Crippen molar-refractivity contribution in [1.29, 1.82) is 0 Å². The highest BCUT2D eigenvalue weighted by molar-refractivity contribution is 5.98. The molecule has 0 radical (unpaired) electrons. The van der Waals surface area contributed by atoms with Crippen LogP contribution >= 0.6 is 0 Å². The van der Waals surface area contributed by atoms with Gasteiger partial charge in [-0.2, -0.15) is 0 Å². The summed E-state index contributed by atoms with van der Waals surface area (Å²) < 4.78 is 0. The van der Waals surface area contributed by atoms with Crippen LogP contribution in [0.25, 0.3) is 0 Å². The van der Waals surface area contributed by atoms with Gasteiger partial charge in [-0.05, 0) is 64.9 Å². The Morgan fingerprint density at radius 3 is 1.76 bits per heavy atom. The summed E-state index contributed by atoms with van der Waals surface area (Å²) in [6.07, 6.45) is -2.46. The van der Waals surface area contributed by atoms with Gasteiger partial charge in [0.25, 0.3) is 0 Å². The fraction of sp³-hybridized carbons (Fsp3) is 0.585. The molecule has 67 heavy (non-hydrogen) atoms. The van der Waals surface area contributed by atoms with Crippen LogP contribution in [0.4, 0.5) is 0 Å². The molecule has 1 aromatic carbocycles. The van der Waals surface area contributed by atoms with E-state index in [0.29, 0.717) is 12.0 Å². The Morgan fingerprint density at radius 1 is 0.701 bits per heavy atom. The summed E-state index contributed by atoms with van der Waals surface area (Å²) in [6.45, 7) is 4.59. The van der Waals surface area contributed by atoms with E-state index in [9.17, 15) is 58.5 Å². The third-order valence-electron chi connectivity index (χ3n) is 10.3. The zero-order chi connectivity index (χ0) is 50.4. The van der Waals surface area contributed by atoms with Crippen molar-refractivity contribution in [3.8, 4) is 0 Å². The van der Waals surface area contributed by atoms with Crippen LogP contribution in [0.2, 0.25) is 0 Å². The Bertz CT molecular complexity index is 1940. The lowest BCUT2D eigenvalue weighted by Crippen LogP contribution is -2.63. The Kier molecular flexibility index (Phi) is 23.5. The predicted octanol–water partition coefficient (Wildman–Crippen LogP) is -5.76. The molecule has 372 valence electrons. The summed E-state index contributed by atoms with van der Waals surface area (Å²) >= 11 is 0. The van der Waals surface area contributed by atoms with Crippen molar-refractivity contribution in [1.82, 2.24) is 42.1 Å². The first-order valence-electron chi connectivity index (χ1n) is 21.6. The number of nitrogens with one attached hydrogen (secondary N) is 7. The molecule has 2 rings (SSSR count). The average molecular weight is 947 g/mol. The molecule has 0 unspecified atom stereocenters.